The lowest BCUT2D eigenvalue weighted by Gasteiger charge is -2.25. The SMILES string of the molecule is CC(C)(CCC(=O)O)NC(=O)c1csc(-c2cnn(-c3ccccc3)c2)n1. The van der Waals surface area contributed by atoms with Gasteiger partial charge in [0.05, 0.1) is 11.9 Å². The summed E-state index contributed by atoms with van der Waals surface area (Å²) in [6.45, 7) is 3.59. The fourth-order valence-electron chi connectivity index (χ4n) is 2.52. The summed E-state index contributed by atoms with van der Waals surface area (Å²) in [5.41, 5.74) is 1.45. The number of carbonyl (C=O) groups is 2. The number of hydrogen-bond donors (Lipinski definition) is 2. The summed E-state index contributed by atoms with van der Waals surface area (Å²) in [4.78, 5) is 27.6. The fourth-order valence-corrected chi connectivity index (χ4v) is 3.29. The molecule has 8 heteroatoms. The Labute approximate surface area is 160 Å². The van der Waals surface area contributed by atoms with E-state index >= 15 is 0 Å². The van der Waals surface area contributed by atoms with Gasteiger partial charge in [-0.2, -0.15) is 5.10 Å². The van der Waals surface area contributed by atoms with Crippen molar-refractivity contribution in [3.8, 4) is 16.3 Å². The zero-order valence-electron chi connectivity index (χ0n) is 15.0. The van der Waals surface area contributed by atoms with E-state index in [0.717, 1.165) is 11.3 Å². The van der Waals surface area contributed by atoms with Gasteiger partial charge in [0, 0.05) is 29.1 Å². The monoisotopic (exact) mass is 384 g/mol. The first-order valence-electron chi connectivity index (χ1n) is 8.44. The molecule has 0 unspecified atom stereocenters. The van der Waals surface area contributed by atoms with E-state index < -0.39 is 11.5 Å². The molecule has 140 valence electrons. The average molecular weight is 384 g/mol. The summed E-state index contributed by atoms with van der Waals surface area (Å²) in [5.74, 6) is -1.20. The van der Waals surface area contributed by atoms with E-state index in [4.69, 9.17) is 5.11 Å². The number of benzene rings is 1. The molecule has 27 heavy (non-hydrogen) atoms. The molecule has 2 aromatic heterocycles. The van der Waals surface area contributed by atoms with Crippen molar-refractivity contribution in [1.82, 2.24) is 20.1 Å². The summed E-state index contributed by atoms with van der Waals surface area (Å²) < 4.78 is 1.76. The van der Waals surface area contributed by atoms with Crippen LogP contribution < -0.4 is 5.32 Å². The lowest BCUT2D eigenvalue weighted by Crippen LogP contribution is -2.43. The predicted octanol–water partition coefficient (Wildman–Crippen LogP) is 3.37. The maximum atomic E-state index is 12.4. The molecule has 2 N–H and O–H groups in total. The second kappa shape index (κ2) is 7.71. The summed E-state index contributed by atoms with van der Waals surface area (Å²) in [5, 5.41) is 18.4. The minimum absolute atomic E-state index is 0.00569. The van der Waals surface area contributed by atoms with Crippen molar-refractivity contribution in [2.24, 2.45) is 0 Å². The summed E-state index contributed by atoms with van der Waals surface area (Å²) in [6.07, 6.45) is 3.92. The molecular weight excluding hydrogens is 364 g/mol. The van der Waals surface area contributed by atoms with Crippen LogP contribution in [0, 0.1) is 0 Å². The van der Waals surface area contributed by atoms with Crippen LogP contribution in [0.25, 0.3) is 16.3 Å². The van der Waals surface area contributed by atoms with Crippen molar-refractivity contribution in [2.45, 2.75) is 32.2 Å². The smallest absolute Gasteiger partial charge is 0.303 e. The molecule has 7 nitrogen and oxygen atoms in total. The Morgan fingerprint density at radius 3 is 2.70 bits per heavy atom. The van der Waals surface area contributed by atoms with E-state index in [1.165, 1.54) is 11.3 Å². The highest BCUT2D eigenvalue weighted by Gasteiger charge is 2.23. The van der Waals surface area contributed by atoms with Crippen molar-refractivity contribution < 1.29 is 14.7 Å². The molecule has 1 aromatic carbocycles. The normalized spacial score (nSPS) is 11.3. The van der Waals surface area contributed by atoms with Gasteiger partial charge in [-0.3, -0.25) is 9.59 Å². The van der Waals surface area contributed by atoms with Crippen molar-refractivity contribution >= 4 is 23.2 Å². The summed E-state index contributed by atoms with van der Waals surface area (Å²) >= 11 is 1.36. The number of nitrogens with zero attached hydrogens (tertiary/aromatic N) is 3. The van der Waals surface area contributed by atoms with E-state index in [9.17, 15) is 9.59 Å². The van der Waals surface area contributed by atoms with Crippen LogP contribution in [0.1, 0.15) is 37.2 Å². The number of amides is 1. The number of aliphatic carboxylic acids is 1. The highest BCUT2D eigenvalue weighted by atomic mass is 32.1. The van der Waals surface area contributed by atoms with Crippen LogP contribution in [-0.2, 0) is 4.79 Å². The van der Waals surface area contributed by atoms with Gasteiger partial charge in [-0.15, -0.1) is 11.3 Å². The standard InChI is InChI=1S/C19H20N4O3S/c1-19(2,9-8-16(24)25)22-17(26)15-12-27-18(21-15)13-10-20-23(11-13)14-6-4-3-5-7-14/h3-7,10-12H,8-9H2,1-2H3,(H,22,26)(H,24,25). The molecule has 0 aliphatic carbocycles. The van der Waals surface area contributed by atoms with Gasteiger partial charge in [-0.25, -0.2) is 9.67 Å². The van der Waals surface area contributed by atoms with Gasteiger partial charge >= 0.3 is 5.97 Å². The molecule has 0 saturated heterocycles. The maximum Gasteiger partial charge on any atom is 0.303 e. The number of nitrogens with one attached hydrogen (secondary N) is 1. The molecule has 0 aliphatic rings. The molecule has 0 aliphatic heterocycles. The number of carboxylic acids is 1. The fraction of sp³-hybridized carbons (Fsp3) is 0.263. The van der Waals surface area contributed by atoms with Crippen LogP contribution >= 0.6 is 11.3 Å². The lowest BCUT2D eigenvalue weighted by atomic mass is 9.98. The second-order valence-corrected chi connectivity index (χ2v) is 7.64. The van der Waals surface area contributed by atoms with E-state index in [1.807, 2.05) is 36.5 Å². The van der Waals surface area contributed by atoms with Gasteiger partial charge in [0.25, 0.3) is 5.91 Å². The quantitative estimate of drug-likeness (QED) is 0.651. The van der Waals surface area contributed by atoms with Gasteiger partial charge in [-0.1, -0.05) is 18.2 Å². The zero-order valence-corrected chi connectivity index (χ0v) is 15.9. The largest absolute Gasteiger partial charge is 0.481 e. The zero-order chi connectivity index (χ0) is 19.4. The Morgan fingerprint density at radius 1 is 1.26 bits per heavy atom. The Bertz CT molecular complexity index is 947. The third-order valence-corrected chi connectivity index (χ3v) is 4.89. The van der Waals surface area contributed by atoms with Crippen LogP contribution in [0.2, 0.25) is 0 Å². The van der Waals surface area contributed by atoms with E-state index in [2.05, 4.69) is 15.4 Å². The van der Waals surface area contributed by atoms with Gasteiger partial charge in [0.15, 0.2) is 0 Å². The highest BCUT2D eigenvalue weighted by molar-refractivity contribution is 7.13. The Kier molecular flexibility index (Phi) is 5.36. The molecular formula is C19H20N4O3S. The predicted molar refractivity (Wildman–Crippen MR) is 103 cm³/mol. The van der Waals surface area contributed by atoms with Crippen molar-refractivity contribution in [2.75, 3.05) is 0 Å². The molecule has 1 amide bonds. The highest BCUT2D eigenvalue weighted by Crippen LogP contribution is 2.24. The van der Waals surface area contributed by atoms with Crippen LogP contribution in [-0.4, -0.2) is 37.3 Å². The van der Waals surface area contributed by atoms with Crippen LogP contribution in [0.4, 0.5) is 0 Å². The second-order valence-electron chi connectivity index (χ2n) is 6.78. The van der Waals surface area contributed by atoms with Crippen molar-refractivity contribution in [3.63, 3.8) is 0 Å². The molecule has 0 fully saturated rings. The molecule has 0 spiro atoms. The molecule has 0 saturated carbocycles. The lowest BCUT2D eigenvalue weighted by molar-refractivity contribution is -0.137. The minimum Gasteiger partial charge on any atom is -0.481 e. The van der Waals surface area contributed by atoms with Crippen LogP contribution in [0.3, 0.4) is 0 Å². The topological polar surface area (TPSA) is 97.1 Å². The number of carboxylic acid groups (broad SMARTS) is 1. The van der Waals surface area contributed by atoms with Gasteiger partial charge in [-0.05, 0) is 32.4 Å². The van der Waals surface area contributed by atoms with Gasteiger partial charge in [0.2, 0.25) is 0 Å². The first-order valence-corrected chi connectivity index (χ1v) is 9.32. The van der Waals surface area contributed by atoms with E-state index in [0.29, 0.717) is 17.1 Å². The third kappa shape index (κ3) is 4.79. The van der Waals surface area contributed by atoms with Crippen LogP contribution in [0.5, 0.6) is 0 Å². The third-order valence-electron chi connectivity index (χ3n) is 4.00. The minimum atomic E-state index is -0.885. The van der Waals surface area contributed by atoms with Crippen molar-refractivity contribution in [1.29, 1.82) is 0 Å². The Morgan fingerprint density at radius 2 is 2.00 bits per heavy atom. The molecule has 3 rings (SSSR count). The molecule has 3 aromatic rings. The summed E-state index contributed by atoms with van der Waals surface area (Å²) in [6, 6.07) is 9.73. The van der Waals surface area contributed by atoms with E-state index in [-0.39, 0.29) is 12.3 Å². The number of rotatable bonds is 7. The van der Waals surface area contributed by atoms with Gasteiger partial charge in [0.1, 0.15) is 10.7 Å². The van der Waals surface area contributed by atoms with E-state index in [1.54, 1.807) is 30.1 Å². The molecule has 0 atom stereocenters. The molecule has 0 radical (unpaired) electrons. The first kappa shape index (κ1) is 18.8. The van der Waals surface area contributed by atoms with Crippen molar-refractivity contribution in [3.05, 3.63) is 53.8 Å². The number of hydrogen-bond acceptors (Lipinski definition) is 5. The number of carbonyl (C=O) groups excluding carboxylic acids is 1. The average Bonchev–Trinajstić information content (AvgIpc) is 3.30. The Hall–Kier alpha value is -3.00. The maximum absolute atomic E-state index is 12.4. The molecule has 0 bridgehead atoms. The first-order chi connectivity index (χ1) is 12.8. The Balaban J connectivity index is 1.70. The number of para-hydroxylation sites is 1. The molecule has 2 heterocycles. The van der Waals surface area contributed by atoms with Crippen LogP contribution in [0.15, 0.2) is 48.1 Å². The number of aromatic nitrogens is 3. The van der Waals surface area contributed by atoms with Gasteiger partial charge < -0.3 is 10.4 Å². The number of thiazole rings is 1. The summed E-state index contributed by atoms with van der Waals surface area (Å²) in [7, 11) is 0.